The number of nitrogens with one attached hydrogen (secondary N) is 1. The molecule has 1 aliphatic heterocycles. The highest BCUT2D eigenvalue weighted by atomic mass is 15.3. The quantitative estimate of drug-likeness (QED) is 0.731. The molecule has 1 saturated heterocycles. The van der Waals surface area contributed by atoms with Gasteiger partial charge in [0.2, 0.25) is 0 Å². The molecule has 4 heterocycles. The summed E-state index contributed by atoms with van der Waals surface area (Å²) in [7, 11) is 1.99. The predicted molar refractivity (Wildman–Crippen MR) is 112 cm³/mol. The Kier molecular flexibility index (Phi) is 5.39. The molecule has 0 saturated carbocycles. The van der Waals surface area contributed by atoms with Crippen LogP contribution in [0.15, 0.2) is 42.7 Å². The Morgan fingerprint density at radius 3 is 2.86 bits per heavy atom. The molecule has 0 spiro atoms. The molecule has 1 atom stereocenters. The number of aryl methyl sites for hydroxylation is 3. The summed E-state index contributed by atoms with van der Waals surface area (Å²) in [5.41, 5.74) is 4.72. The summed E-state index contributed by atoms with van der Waals surface area (Å²) in [5, 5.41) is 7.84. The van der Waals surface area contributed by atoms with E-state index in [0.29, 0.717) is 5.92 Å². The molecule has 28 heavy (non-hydrogen) atoms. The molecule has 1 fully saturated rings. The summed E-state index contributed by atoms with van der Waals surface area (Å²) in [6.07, 6.45) is 6.32. The molecule has 6 nitrogen and oxygen atoms in total. The first-order chi connectivity index (χ1) is 13.6. The standard InChI is InChI=1S/C22H28N6/c1-16-7-5-11-23-22(16)25-21-10-4-9-20(24-21)18-8-6-12-28(14-18)15-19-13-27(3)26-17(19)2/h4-5,7,9-11,13,18H,6,8,12,14-15H2,1-3H3,(H,23,24,25)/t18-/m1/s1. The van der Waals surface area contributed by atoms with E-state index in [2.05, 4.69) is 58.5 Å². The molecule has 146 valence electrons. The molecule has 1 N–H and O–H groups in total. The van der Waals surface area contributed by atoms with Crippen LogP contribution in [-0.4, -0.2) is 37.7 Å². The van der Waals surface area contributed by atoms with Gasteiger partial charge in [0, 0.05) is 49.7 Å². The molecule has 0 amide bonds. The van der Waals surface area contributed by atoms with Crippen LogP contribution >= 0.6 is 0 Å². The van der Waals surface area contributed by atoms with Gasteiger partial charge in [-0.1, -0.05) is 12.1 Å². The second-order valence-corrected chi connectivity index (χ2v) is 7.73. The minimum Gasteiger partial charge on any atom is -0.325 e. The van der Waals surface area contributed by atoms with Gasteiger partial charge >= 0.3 is 0 Å². The second-order valence-electron chi connectivity index (χ2n) is 7.73. The van der Waals surface area contributed by atoms with E-state index in [1.807, 2.05) is 23.9 Å². The topological polar surface area (TPSA) is 58.9 Å². The number of rotatable bonds is 5. The van der Waals surface area contributed by atoms with Crippen LogP contribution < -0.4 is 5.32 Å². The number of hydrogen-bond acceptors (Lipinski definition) is 5. The molecule has 3 aromatic rings. The largest absolute Gasteiger partial charge is 0.325 e. The van der Waals surface area contributed by atoms with Crippen molar-refractivity contribution in [2.45, 2.75) is 39.2 Å². The van der Waals surface area contributed by atoms with Gasteiger partial charge in [0.15, 0.2) is 0 Å². The Hall–Kier alpha value is -2.73. The molecular formula is C22H28N6. The normalized spacial score (nSPS) is 17.6. The first-order valence-electron chi connectivity index (χ1n) is 9.95. The van der Waals surface area contributed by atoms with Crippen LogP contribution in [0.2, 0.25) is 0 Å². The van der Waals surface area contributed by atoms with Gasteiger partial charge in [-0.05, 0) is 57.0 Å². The maximum absolute atomic E-state index is 4.90. The molecule has 0 bridgehead atoms. The van der Waals surface area contributed by atoms with Crippen LogP contribution in [-0.2, 0) is 13.6 Å². The van der Waals surface area contributed by atoms with Crippen molar-refractivity contribution in [2.75, 3.05) is 18.4 Å². The van der Waals surface area contributed by atoms with Crippen molar-refractivity contribution in [1.82, 2.24) is 24.6 Å². The van der Waals surface area contributed by atoms with E-state index in [1.165, 1.54) is 18.4 Å². The van der Waals surface area contributed by atoms with Crippen molar-refractivity contribution >= 4 is 11.6 Å². The third-order valence-corrected chi connectivity index (χ3v) is 5.46. The highest BCUT2D eigenvalue weighted by Crippen LogP contribution is 2.28. The first kappa shape index (κ1) is 18.6. The lowest BCUT2D eigenvalue weighted by atomic mass is 9.94. The van der Waals surface area contributed by atoms with Crippen molar-refractivity contribution in [2.24, 2.45) is 7.05 Å². The highest BCUT2D eigenvalue weighted by molar-refractivity contribution is 5.55. The van der Waals surface area contributed by atoms with Gasteiger partial charge in [0.05, 0.1) is 5.69 Å². The third kappa shape index (κ3) is 4.22. The van der Waals surface area contributed by atoms with Crippen molar-refractivity contribution in [3.63, 3.8) is 0 Å². The number of piperidine rings is 1. The minimum absolute atomic E-state index is 0.456. The minimum atomic E-state index is 0.456. The van der Waals surface area contributed by atoms with E-state index in [0.717, 1.165) is 48.2 Å². The van der Waals surface area contributed by atoms with E-state index in [9.17, 15) is 0 Å². The van der Waals surface area contributed by atoms with Gasteiger partial charge in [-0.2, -0.15) is 5.10 Å². The summed E-state index contributed by atoms with van der Waals surface area (Å²) >= 11 is 0. The number of nitrogens with zero attached hydrogens (tertiary/aromatic N) is 5. The van der Waals surface area contributed by atoms with E-state index < -0.39 is 0 Å². The number of aromatic nitrogens is 4. The zero-order valence-corrected chi connectivity index (χ0v) is 16.9. The molecule has 0 aliphatic carbocycles. The van der Waals surface area contributed by atoms with Crippen LogP contribution in [0.25, 0.3) is 0 Å². The number of pyridine rings is 2. The van der Waals surface area contributed by atoms with Gasteiger partial charge in [0.25, 0.3) is 0 Å². The van der Waals surface area contributed by atoms with Crippen LogP contribution in [0.4, 0.5) is 11.6 Å². The first-order valence-corrected chi connectivity index (χ1v) is 9.95. The number of anilines is 2. The predicted octanol–water partition coefficient (Wildman–Crippen LogP) is 3.95. The van der Waals surface area contributed by atoms with Crippen LogP contribution in [0.3, 0.4) is 0 Å². The van der Waals surface area contributed by atoms with E-state index in [1.54, 1.807) is 6.20 Å². The molecule has 6 heteroatoms. The van der Waals surface area contributed by atoms with E-state index in [-0.39, 0.29) is 0 Å². The molecular weight excluding hydrogens is 348 g/mol. The van der Waals surface area contributed by atoms with Gasteiger partial charge in [-0.15, -0.1) is 0 Å². The van der Waals surface area contributed by atoms with Crippen molar-refractivity contribution in [3.05, 3.63) is 65.2 Å². The smallest absolute Gasteiger partial charge is 0.134 e. The Labute approximate surface area is 166 Å². The maximum atomic E-state index is 4.90. The Morgan fingerprint density at radius 1 is 1.18 bits per heavy atom. The van der Waals surface area contributed by atoms with Gasteiger partial charge in [0.1, 0.15) is 11.6 Å². The molecule has 1 aliphatic rings. The van der Waals surface area contributed by atoms with Gasteiger partial charge in [-0.3, -0.25) is 9.58 Å². The summed E-state index contributed by atoms with van der Waals surface area (Å²) in [5.74, 6) is 2.18. The molecule has 4 rings (SSSR count). The third-order valence-electron chi connectivity index (χ3n) is 5.46. The Bertz CT molecular complexity index is 948. The lowest BCUT2D eigenvalue weighted by Crippen LogP contribution is -2.34. The van der Waals surface area contributed by atoms with Crippen molar-refractivity contribution < 1.29 is 0 Å². The van der Waals surface area contributed by atoms with E-state index >= 15 is 0 Å². The Balaban J connectivity index is 1.46. The lowest BCUT2D eigenvalue weighted by molar-refractivity contribution is 0.198. The average molecular weight is 377 g/mol. The maximum Gasteiger partial charge on any atom is 0.134 e. The summed E-state index contributed by atoms with van der Waals surface area (Å²) in [6, 6.07) is 10.3. The van der Waals surface area contributed by atoms with E-state index in [4.69, 9.17) is 4.98 Å². The summed E-state index contributed by atoms with van der Waals surface area (Å²) < 4.78 is 1.91. The van der Waals surface area contributed by atoms with Crippen molar-refractivity contribution in [1.29, 1.82) is 0 Å². The van der Waals surface area contributed by atoms with Crippen LogP contribution in [0.1, 0.15) is 41.3 Å². The fourth-order valence-electron chi connectivity index (χ4n) is 3.97. The highest BCUT2D eigenvalue weighted by Gasteiger charge is 2.23. The molecule has 0 unspecified atom stereocenters. The molecule has 0 radical (unpaired) electrons. The van der Waals surface area contributed by atoms with Gasteiger partial charge < -0.3 is 5.32 Å². The van der Waals surface area contributed by atoms with Crippen molar-refractivity contribution in [3.8, 4) is 0 Å². The van der Waals surface area contributed by atoms with Crippen LogP contribution in [0.5, 0.6) is 0 Å². The molecule has 0 aromatic carbocycles. The SMILES string of the molecule is Cc1cccnc1Nc1cccc([C@@H]2CCCN(Cc3cn(C)nc3C)C2)n1. The fourth-order valence-corrected chi connectivity index (χ4v) is 3.97. The van der Waals surface area contributed by atoms with Crippen LogP contribution in [0, 0.1) is 13.8 Å². The second kappa shape index (κ2) is 8.10. The molecule has 3 aromatic heterocycles. The number of likely N-dealkylation sites (tertiary alicyclic amines) is 1. The zero-order valence-electron chi connectivity index (χ0n) is 16.9. The fraction of sp³-hybridized carbons (Fsp3) is 0.409. The summed E-state index contributed by atoms with van der Waals surface area (Å²) in [6.45, 7) is 7.27. The lowest BCUT2D eigenvalue weighted by Gasteiger charge is -2.32. The summed E-state index contributed by atoms with van der Waals surface area (Å²) in [4.78, 5) is 11.8. The monoisotopic (exact) mass is 376 g/mol. The Morgan fingerprint density at radius 2 is 2.07 bits per heavy atom. The number of hydrogen-bond donors (Lipinski definition) is 1. The zero-order chi connectivity index (χ0) is 19.5. The van der Waals surface area contributed by atoms with Gasteiger partial charge in [-0.25, -0.2) is 9.97 Å². The average Bonchev–Trinajstić information content (AvgIpc) is 3.01.